The second-order valence-electron chi connectivity index (χ2n) is 8.02. The first kappa shape index (κ1) is 22.1. The molecule has 0 saturated carbocycles. The van der Waals surface area contributed by atoms with Crippen LogP contribution in [0.15, 0.2) is 58.3 Å². The molecule has 3 rings (SSSR count). The molecule has 6 nitrogen and oxygen atoms in total. The van der Waals surface area contributed by atoms with Crippen LogP contribution in [-0.4, -0.2) is 24.2 Å². The van der Waals surface area contributed by atoms with Crippen molar-refractivity contribution in [2.45, 2.75) is 49.9 Å². The van der Waals surface area contributed by atoms with Crippen molar-refractivity contribution in [3.8, 4) is 5.88 Å². The van der Waals surface area contributed by atoms with E-state index in [-0.39, 0.29) is 26.9 Å². The molecule has 1 aromatic heterocycles. The van der Waals surface area contributed by atoms with E-state index in [0.717, 1.165) is 5.56 Å². The number of carbonyl (C=O) groups excluding carboxylic acids is 1. The van der Waals surface area contributed by atoms with E-state index in [4.69, 9.17) is 16.3 Å². The molecule has 8 heteroatoms. The predicted molar refractivity (Wildman–Crippen MR) is 115 cm³/mol. The fourth-order valence-corrected chi connectivity index (χ4v) is 4.65. The third-order valence-corrected chi connectivity index (χ3v) is 6.59. The molecule has 0 fully saturated rings. The van der Waals surface area contributed by atoms with Crippen molar-refractivity contribution < 1.29 is 17.9 Å². The minimum absolute atomic E-state index is 0.102. The zero-order valence-electron chi connectivity index (χ0n) is 17.4. The van der Waals surface area contributed by atoms with Gasteiger partial charge < -0.3 is 4.74 Å². The number of aromatic nitrogens is 2. The highest BCUT2D eigenvalue weighted by atomic mass is 35.5. The SMILES string of the molecule is Cc1ccc(S(=O)(=O)c2c(C)nn(C(C)(C)C)c2OC(=O)c2cccc(Cl)c2)cc1. The van der Waals surface area contributed by atoms with Crippen LogP contribution in [0.4, 0.5) is 0 Å². The van der Waals surface area contributed by atoms with Gasteiger partial charge in [-0.3, -0.25) is 0 Å². The van der Waals surface area contributed by atoms with E-state index in [1.165, 1.54) is 22.9 Å². The van der Waals surface area contributed by atoms with Crippen LogP contribution < -0.4 is 4.74 Å². The first-order chi connectivity index (χ1) is 13.9. The summed E-state index contributed by atoms with van der Waals surface area (Å²) in [4.78, 5) is 12.8. The maximum atomic E-state index is 13.4. The number of rotatable bonds is 4. The molecule has 0 saturated heterocycles. The molecule has 1 heterocycles. The van der Waals surface area contributed by atoms with Gasteiger partial charge in [0.15, 0.2) is 4.90 Å². The van der Waals surface area contributed by atoms with E-state index in [2.05, 4.69) is 5.10 Å². The number of sulfone groups is 1. The summed E-state index contributed by atoms with van der Waals surface area (Å²) in [5, 5.41) is 4.76. The number of hydrogen-bond donors (Lipinski definition) is 0. The Bertz CT molecular complexity index is 1210. The molecule has 0 radical (unpaired) electrons. The van der Waals surface area contributed by atoms with Crippen molar-refractivity contribution in [3.63, 3.8) is 0 Å². The minimum Gasteiger partial charge on any atom is -0.403 e. The van der Waals surface area contributed by atoms with Gasteiger partial charge in [-0.1, -0.05) is 35.4 Å². The molecule has 0 aliphatic heterocycles. The summed E-state index contributed by atoms with van der Waals surface area (Å²) in [5.41, 5.74) is 0.763. The van der Waals surface area contributed by atoms with E-state index in [0.29, 0.717) is 5.02 Å². The zero-order valence-corrected chi connectivity index (χ0v) is 19.0. The lowest BCUT2D eigenvalue weighted by Gasteiger charge is -2.22. The molecule has 0 unspecified atom stereocenters. The van der Waals surface area contributed by atoms with Crippen LogP contribution >= 0.6 is 11.6 Å². The highest BCUT2D eigenvalue weighted by molar-refractivity contribution is 7.91. The Hall–Kier alpha value is -2.64. The third-order valence-electron chi connectivity index (χ3n) is 4.45. The van der Waals surface area contributed by atoms with Crippen molar-refractivity contribution in [2.75, 3.05) is 0 Å². The first-order valence-electron chi connectivity index (χ1n) is 9.31. The lowest BCUT2D eigenvalue weighted by atomic mass is 10.1. The van der Waals surface area contributed by atoms with Crippen molar-refractivity contribution >= 4 is 27.4 Å². The van der Waals surface area contributed by atoms with E-state index in [1.54, 1.807) is 37.3 Å². The van der Waals surface area contributed by atoms with Gasteiger partial charge in [0, 0.05) is 5.02 Å². The number of nitrogens with zero attached hydrogens (tertiary/aromatic N) is 2. The lowest BCUT2D eigenvalue weighted by Crippen LogP contribution is -2.26. The van der Waals surface area contributed by atoms with Gasteiger partial charge in [0.05, 0.1) is 21.7 Å². The third kappa shape index (κ3) is 4.27. The van der Waals surface area contributed by atoms with Crippen LogP contribution in [0.5, 0.6) is 5.88 Å². The van der Waals surface area contributed by atoms with Gasteiger partial charge in [0.1, 0.15) is 0 Å². The largest absolute Gasteiger partial charge is 0.403 e. The van der Waals surface area contributed by atoms with Gasteiger partial charge >= 0.3 is 5.97 Å². The number of ether oxygens (including phenoxy) is 1. The smallest absolute Gasteiger partial charge is 0.344 e. The van der Waals surface area contributed by atoms with E-state index < -0.39 is 21.3 Å². The first-order valence-corrected chi connectivity index (χ1v) is 11.2. The number of esters is 1. The predicted octanol–water partition coefficient (Wildman–Crippen LogP) is 4.96. The van der Waals surface area contributed by atoms with Crippen molar-refractivity contribution in [1.82, 2.24) is 9.78 Å². The molecule has 0 amide bonds. The molecule has 30 heavy (non-hydrogen) atoms. The Morgan fingerprint density at radius 1 is 1.07 bits per heavy atom. The fraction of sp³-hybridized carbons (Fsp3) is 0.273. The van der Waals surface area contributed by atoms with E-state index in [9.17, 15) is 13.2 Å². The number of halogens is 1. The normalized spacial score (nSPS) is 12.1. The zero-order chi connectivity index (χ0) is 22.3. The van der Waals surface area contributed by atoms with Gasteiger partial charge in [-0.2, -0.15) is 5.10 Å². The number of carbonyl (C=O) groups is 1. The van der Waals surface area contributed by atoms with Gasteiger partial charge in [-0.05, 0) is 65.0 Å². The quantitative estimate of drug-likeness (QED) is 0.529. The Kier molecular flexibility index (Phi) is 5.80. The van der Waals surface area contributed by atoms with E-state index in [1.807, 2.05) is 27.7 Å². The molecule has 158 valence electrons. The number of benzene rings is 2. The Morgan fingerprint density at radius 3 is 2.27 bits per heavy atom. The second-order valence-corrected chi connectivity index (χ2v) is 10.3. The molecule has 0 spiro atoms. The molecule has 0 bridgehead atoms. The molecule has 0 N–H and O–H groups in total. The topological polar surface area (TPSA) is 78.3 Å². The van der Waals surface area contributed by atoms with Crippen LogP contribution in [0.3, 0.4) is 0 Å². The van der Waals surface area contributed by atoms with Crippen LogP contribution in [0.25, 0.3) is 0 Å². The van der Waals surface area contributed by atoms with Gasteiger partial charge in [0.2, 0.25) is 15.7 Å². The summed E-state index contributed by atoms with van der Waals surface area (Å²) in [6.45, 7) is 8.99. The van der Waals surface area contributed by atoms with E-state index >= 15 is 0 Å². The van der Waals surface area contributed by atoms with Gasteiger partial charge in [0.25, 0.3) is 0 Å². The molecular formula is C22H23ClN2O4S. The fourth-order valence-electron chi connectivity index (χ4n) is 2.94. The van der Waals surface area contributed by atoms with Crippen molar-refractivity contribution in [3.05, 3.63) is 70.4 Å². The van der Waals surface area contributed by atoms with Gasteiger partial charge in [-0.25, -0.2) is 17.9 Å². The highest BCUT2D eigenvalue weighted by Crippen LogP contribution is 2.36. The highest BCUT2D eigenvalue weighted by Gasteiger charge is 2.34. The second kappa shape index (κ2) is 7.89. The van der Waals surface area contributed by atoms with Crippen molar-refractivity contribution in [2.24, 2.45) is 0 Å². The Balaban J connectivity index is 2.18. The molecule has 0 atom stereocenters. The monoisotopic (exact) mass is 446 g/mol. The molecular weight excluding hydrogens is 424 g/mol. The average Bonchev–Trinajstić information content (AvgIpc) is 2.99. The summed E-state index contributed by atoms with van der Waals surface area (Å²) in [6.07, 6.45) is 0. The minimum atomic E-state index is -3.98. The summed E-state index contributed by atoms with van der Waals surface area (Å²) in [7, 11) is -3.98. The Labute approximate surface area is 181 Å². The summed E-state index contributed by atoms with van der Waals surface area (Å²) < 4.78 is 33.9. The van der Waals surface area contributed by atoms with Crippen LogP contribution in [0.1, 0.15) is 42.4 Å². The maximum absolute atomic E-state index is 13.4. The number of aryl methyl sites for hydroxylation is 2. The lowest BCUT2D eigenvalue weighted by molar-refractivity contribution is 0.0703. The number of hydrogen-bond acceptors (Lipinski definition) is 5. The Morgan fingerprint density at radius 2 is 1.70 bits per heavy atom. The van der Waals surface area contributed by atoms with Crippen LogP contribution in [-0.2, 0) is 15.4 Å². The van der Waals surface area contributed by atoms with Gasteiger partial charge in [-0.15, -0.1) is 0 Å². The van der Waals surface area contributed by atoms with Crippen molar-refractivity contribution in [1.29, 1.82) is 0 Å². The molecule has 0 aliphatic rings. The van der Waals surface area contributed by atoms with Crippen LogP contribution in [0.2, 0.25) is 5.02 Å². The maximum Gasteiger partial charge on any atom is 0.344 e. The summed E-state index contributed by atoms with van der Waals surface area (Å²) >= 11 is 5.98. The standard InChI is InChI=1S/C22H23ClN2O4S/c1-14-9-11-18(12-10-14)30(27,28)19-15(2)24-25(22(3,4)5)20(19)29-21(26)16-7-6-8-17(23)13-16/h6-13H,1-5H3. The molecule has 0 aliphatic carbocycles. The molecule has 2 aromatic carbocycles. The summed E-state index contributed by atoms with van der Waals surface area (Å²) in [5.74, 6) is -0.839. The average molecular weight is 447 g/mol. The molecule has 3 aromatic rings. The van der Waals surface area contributed by atoms with Crippen LogP contribution in [0, 0.1) is 13.8 Å². The summed E-state index contributed by atoms with van der Waals surface area (Å²) in [6, 6.07) is 12.8.